The Morgan fingerprint density at radius 2 is 2.15 bits per heavy atom. The highest BCUT2D eigenvalue weighted by Gasteiger charge is 2.28. The SMILES string of the molecule is O=C(NCCCN1CCCCC1)c1cc(C2CC2)on1. The minimum atomic E-state index is -0.112. The van der Waals surface area contributed by atoms with Crippen LogP contribution in [-0.2, 0) is 0 Å². The number of hydrogen-bond donors (Lipinski definition) is 1. The molecule has 1 aliphatic carbocycles. The molecule has 1 saturated carbocycles. The second-order valence-electron chi connectivity index (χ2n) is 5.90. The van der Waals surface area contributed by atoms with Crippen LogP contribution < -0.4 is 5.32 Å². The first-order chi connectivity index (χ1) is 9.83. The van der Waals surface area contributed by atoms with E-state index in [1.165, 1.54) is 32.4 Å². The first-order valence-electron chi connectivity index (χ1n) is 7.80. The molecule has 0 spiro atoms. The number of carbonyl (C=O) groups is 1. The van der Waals surface area contributed by atoms with Crippen LogP contribution in [0.15, 0.2) is 10.6 Å². The van der Waals surface area contributed by atoms with E-state index in [9.17, 15) is 4.79 Å². The van der Waals surface area contributed by atoms with E-state index in [1.807, 2.05) is 0 Å². The summed E-state index contributed by atoms with van der Waals surface area (Å²) in [4.78, 5) is 14.4. The van der Waals surface area contributed by atoms with Crippen LogP contribution in [0.1, 0.15) is 60.7 Å². The number of nitrogens with one attached hydrogen (secondary N) is 1. The molecule has 2 fully saturated rings. The largest absolute Gasteiger partial charge is 0.360 e. The van der Waals surface area contributed by atoms with E-state index in [1.54, 1.807) is 6.07 Å². The second-order valence-corrected chi connectivity index (χ2v) is 5.90. The molecule has 5 heteroatoms. The Balaban J connectivity index is 1.35. The molecule has 1 amide bonds. The Hall–Kier alpha value is -1.36. The van der Waals surface area contributed by atoms with Gasteiger partial charge in [-0.25, -0.2) is 0 Å². The van der Waals surface area contributed by atoms with Gasteiger partial charge in [0.1, 0.15) is 5.76 Å². The van der Waals surface area contributed by atoms with Crippen molar-refractivity contribution in [2.24, 2.45) is 0 Å². The van der Waals surface area contributed by atoms with Crippen LogP contribution in [0.4, 0.5) is 0 Å². The zero-order chi connectivity index (χ0) is 13.8. The van der Waals surface area contributed by atoms with Crippen molar-refractivity contribution in [2.45, 2.75) is 44.4 Å². The second kappa shape index (κ2) is 6.39. The monoisotopic (exact) mass is 277 g/mol. The van der Waals surface area contributed by atoms with E-state index in [0.29, 0.717) is 18.2 Å². The van der Waals surface area contributed by atoms with Gasteiger partial charge in [0.15, 0.2) is 5.69 Å². The fourth-order valence-corrected chi connectivity index (χ4v) is 2.73. The molecular formula is C15H23N3O2. The van der Waals surface area contributed by atoms with E-state index in [-0.39, 0.29) is 5.91 Å². The summed E-state index contributed by atoms with van der Waals surface area (Å²) in [7, 11) is 0. The summed E-state index contributed by atoms with van der Waals surface area (Å²) in [6.45, 7) is 4.21. The quantitative estimate of drug-likeness (QED) is 0.810. The lowest BCUT2D eigenvalue weighted by Gasteiger charge is -2.26. The molecule has 0 unspecified atom stereocenters. The van der Waals surface area contributed by atoms with Crippen molar-refractivity contribution in [3.63, 3.8) is 0 Å². The van der Waals surface area contributed by atoms with Gasteiger partial charge in [-0.3, -0.25) is 4.79 Å². The number of hydrogen-bond acceptors (Lipinski definition) is 4. The molecule has 3 rings (SSSR count). The van der Waals surface area contributed by atoms with Gasteiger partial charge in [-0.15, -0.1) is 0 Å². The van der Waals surface area contributed by atoms with Crippen molar-refractivity contribution in [1.29, 1.82) is 0 Å². The van der Waals surface area contributed by atoms with Gasteiger partial charge in [0.05, 0.1) is 0 Å². The van der Waals surface area contributed by atoms with Gasteiger partial charge in [0.25, 0.3) is 5.91 Å². The first-order valence-corrected chi connectivity index (χ1v) is 7.80. The molecule has 0 bridgehead atoms. The Labute approximate surface area is 119 Å². The van der Waals surface area contributed by atoms with Crippen LogP contribution in [0.2, 0.25) is 0 Å². The summed E-state index contributed by atoms with van der Waals surface area (Å²) in [5, 5.41) is 6.77. The number of nitrogens with zero attached hydrogens (tertiary/aromatic N) is 2. The summed E-state index contributed by atoms with van der Waals surface area (Å²) < 4.78 is 5.19. The molecule has 1 aromatic rings. The fraction of sp³-hybridized carbons (Fsp3) is 0.733. The Kier molecular flexibility index (Phi) is 4.35. The van der Waals surface area contributed by atoms with Gasteiger partial charge < -0.3 is 14.7 Å². The van der Waals surface area contributed by atoms with Crippen molar-refractivity contribution in [3.05, 3.63) is 17.5 Å². The van der Waals surface area contributed by atoms with Gasteiger partial charge in [-0.05, 0) is 51.7 Å². The Morgan fingerprint density at radius 1 is 1.35 bits per heavy atom. The Bertz CT molecular complexity index is 448. The fourth-order valence-electron chi connectivity index (χ4n) is 2.73. The highest BCUT2D eigenvalue weighted by atomic mass is 16.5. The molecule has 2 heterocycles. The van der Waals surface area contributed by atoms with E-state index < -0.39 is 0 Å². The maximum absolute atomic E-state index is 11.9. The zero-order valence-corrected chi connectivity index (χ0v) is 11.9. The van der Waals surface area contributed by atoms with Gasteiger partial charge in [-0.2, -0.15) is 0 Å². The number of rotatable bonds is 6. The maximum atomic E-state index is 11.9. The predicted octanol–water partition coefficient (Wildman–Crippen LogP) is 2.16. The topological polar surface area (TPSA) is 58.4 Å². The van der Waals surface area contributed by atoms with E-state index >= 15 is 0 Å². The first kappa shape index (κ1) is 13.6. The van der Waals surface area contributed by atoms with Gasteiger partial charge in [0.2, 0.25) is 0 Å². The molecule has 0 atom stereocenters. The van der Waals surface area contributed by atoms with E-state index in [2.05, 4.69) is 15.4 Å². The minimum Gasteiger partial charge on any atom is -0.360 e. The molecule has 0 aromatic carbocycles. The third-order valence-electron chi connectivity index (χ3n) is 4.13. The van der Waals surface area contributed by atoms with E-state index in [0.717, 1.165) is 31.6 Å². The van der Waals surface area contributed by atoms with Crippen molar-refractivity contribution in [3.8, 4) is 0 Å². The summed E-state index contributed by atoms with van der Waals surface area (Å²) in [5.74, 6) is 1.26. The van der Waals surface area contributed by atoms with Crippen LogP contribution in [0.3, 0.4) is 0 Å². The summed E-state index contributed by atoms with van der Waals surface area (Å²) in [6.07, 6.45) is 7.31. The molecule has 2 aliphatic rings. The van der Waals surface area contributed by atoms with Crippen molar-refractivity contribution >= 4 is 5.91 Å². The van der Waals surface area contributed by atoms with Gasteiger partial charge in [-0.1, -0.05) is 11.6 Å². The van der Waals surface area contributed by atoms with Crippen molar-refractivity contribution in [2.75, 3.05) is 26.2 Å². The van der Waals surface area contributed by atoms with Crippen LogP contribution in [-0.4, -0.2) is 42.1 Å². The number of aromatic nitrogens is 1. The lowest BCUT2D eigenvalue weighted by atomic mass is 10.1. The third-order valence-corrected chi connectivity index (χ3v) is 4.13. The predicted molar refractivity (Wildman–Crippen MR) is 75.7 cm³/mol. The number of carbonyl (C=O) groups excluding carboxylic acids is 1. The standard InChI is InChI=1S/C15H23N3O2/c19-15(13-11-14(20-17-13)12-5-6-12)16-7-4-10-18-8-2-1-3-9-18/h11-12H,1-10H2,(H,16,19). The smallest absolute Gasteiger partial charge is 0.273 e. The highest BCUT2D eigenvalue weighted by Crippen LogP contribution is 2.40. The molecule has 5 nitrogen and oxygen atoms in total. The van der Waals surface area contributed by atoms with Crippen LogP contribution in [0.25, 0.3) is 0 Å². The lowest BCUT2D eigenvalue weighted by molar-refractivity contribution is 0.0942. The highest BCUT2D eigenvalue weighted by molar-refractivity contribution is 5.92. The molecule has 1 saturated heterocycles. The van der Waals surface area contributed by atoms with Gasteiger partial charge in [0, 0.05) is 18.5 Å². The Morgan fingerprint density at radius 3 is 2.90 bits per heavy atom. The summed E-state index contributed by atoms with van der Waals surface area (Å²) in [5.41, 5.74) is 0.421. The lowest BCUT2D eigenvalue weighted by Crippen LogP contribution is -2.33. The molecule has 1 aliphatic heterocycles. The average Bonchev–Trinajstić information content (AvgIpc) is 3.22. The normalized spacial score (nSPS) is 20.0. The maximum Gasteiger partial charge on any atom is 0.273 e. The number of amides is 1. The number of likely N-dealkylation sites (tertiary alicyclic amines) is 1. The molecule has 20 heavy (non-hydrogen) atoms. The molecule has 1 aromatic heterocycles. The summed E-state index contributed by atoms with van der Waals surface area (Å²) in [6, 6.07) is 1.79. The third kappa shape index (κ3) is 3.60. The van der Waals surface area contributed by atoms with Gasteiger partial charge >= 0.3 is 0 Å². The van der Waals surface area contributed by atoms with Crippen LogP contribution in [0.5, 0.6) is 0 Å². The minimum absolute atomic E-state index is 0.112. The molecule has 1 N–H and O–H groups in total. The average molecular weight is 277 g/mol. The zero-order valence-electron chi connectivity index (χ0n) is 11.9. The van der Waals surface area contributed by atoms with Crippen LogP contribution in [0, 0.1) is 0 Å². The van der Waals surface area contributed by atoms with E-state index in [4.69, 9.17) is 4.52 Å². The van der Waals surface area contributed by atoms with Crippen LogP contribution >= 0.6 is 0 Å². The van der Waals surface area contributed by atoms with Crippen molar-refractivity contribution < 1.29 is 9.32 Å². The molecular weight excluding hydrogens is 254 g/mol. The molecule has 0 radical (unpaired) electrons. The number of piperidine rings is 1. The van der Waals surface area contributed by atoms with Crippen molar-refractivity contribution in [1.82, 2.24) is 15.4 Å². The summed E-state index contributed by atoms with van der Waals surface area (Å²) >= 11 is 0. The molecule has 110 valence electrons.